The van der Waals surface area contributed by atoms with E-state index in [1.165, 1.54) is 82.6 Å². The molecular weight excluding hydrogens is 352 g/mol. The lowest BCUT2D eigenvalue weighted by atomic mass is 9.68. The molecule has 2 fully saturated rings. The summed E-state index contributed by atoms with van der Waals surface area (Å²) in [7, 11) is 0. The Kier molecular flexibility index (Phi) is 9.91. The zero-order valence-electron chi connectivity index (χ0n) is 19.3. The van der Waals surface area contributed by atoms with E-state index in [1.54, 1.807) is 12.8 Å². The standard InChI is InChI=1S/C28H46O/c1-3-5-6-7-23-10-16-26(17-11-23)27-18-12-24(13-19-27)8-9-25-14-20-28(21-15-25)29-22-4-2/h14-15,20-21,23-24,26-27H,3-13,16-19,22H2,1-2H3. The van der Waals surface area contributed by atoms with Crippen LogP contribution < -0.4 is 4.74 Å². The van der Waals surface area contributed by atoms with Crippen LogP contribution in [0.2, 0.25) is 0 Å². The van der Waals surface area contributed by atoms with Crippen LogP contribution in [-0.2, 0) is 6.42 Å². The molecule has 0 atom stereocenters. The SMILES string of the molecule is CCCCCC1CCC(C2CCC(CCc3ccc(OCCC)cc3)CC2)CC1. The minimum Gasteiger partial charge on any atom is -0.494 e. The van der Waals surface area contributed by atoms with Gasteiger partial charge < -0.3 is 4.74 Å². The number of benzene rings is 1. The molecule has 2 saturated carbocycles. The lowest BCUT2D eigenvalue weighted by Gasteiger charge is -2.38. The van der Waals surface area contributed by atoms with E-state index < -0.39 is 0 Å². The first-order valence-corrected chi connectivity index (χ1v) is 13.0. The maximum absolute atomic E-state index is 5.70. The molecule has 0 aromatic heterocycles. The summed E-state index contributed by atoms with van der Waals surface area (Å²) in [5.74, 6) is 5.17. The third kappa shape index (κ3) is 7.65. The Hall–Kier alpha value is -0.980. The second-order valence-corrected chi connectivity index (χ2v) is 10.1. The molecule has 0 spiro atoms. The molecule has 2 aliphatic rings. The van der Waals surface area contributed by atoms with Crippen molar-refractivity contribution in [3.63, 3.8) is 0 Å². The molecule has 1 aromatic rings. The summed E-state index contributed by atoms with van der Waals surface area (Å²) in [5.41, 5.74) is 1.48. The molecule has 1 aromatic carbocycles. The van der Waals surface area contributed by atoms with Gasteiger partial charge in [-0.1, -0.05) is 77.3 Å². The molecule has 3 rings (SSSR count). The number of hydrogen-bond acceptors (Lipinski definition) is 1. The van der Waals surface area contributed by atoms with Gasteiger partial charge in [0.2, 0.25) is 0 Å². The molecule has 0 bridgehead atoms. The van der Waals surface area contributed by atoms with Crippen LogP contribution in [0.3, 0.4) is 0 Å². The van der Waals surface area contributed by atoms with Crippen LogP contribution in [0.25, 0.3) is 0 Å². The summed E-state index contributed by atoms with van der Waals surface area (Å²) in [6.07, 6.45) is 21.7. The molecular formula is C28H46O. The summed E-state index contributed by atoms with van der Waals surface area (Å²) in [6.45, 7) is 5.30. The van der Waals surface area contributed by atoms with Gasteiger partial charge in [0.25, 0.3) is 0 Å². The Balaban J connectivity index is 1.30. The molecule has 0 radical (unpaired) electrons. The van der Waals surface area contributed by atoms with E-state index in [0.29, 0.717) is 0 Å². The number of aryl methyl sites for hydroxylation is 1. The summed E-state index contributed by atoms with van der Waals surface area (Å²) < 4.78 is 5.70. The third-order valence-corrected chi connectivity index (χ3v) is 7.90. The largest absolute Gasteiger partial charge is 0.494 e. The maximum Gasteiger partial charge on any atom is 0.119 e. The van der Waals surface area contributed by atoms with Crippen molar-refractivity contribution >= 4 is 0 Å². The monoisotopic (exact) mass is 398 g/mol. The Morgan fingerprint density at radius 2 is 1.28 bits per heavy atom. The fraction of sp³-hybridized carbons (Fsp3) is 0.786. The van der Waals surface area contributed by atoms with Crippen molar-refractivity contribution in [2.75, 3.05) is 6.61 Å². The quantitative estimate of drug-likeness (QED) is 0.339. The summed E-state index contributed by atoms with van der Waals surface area (Å²) in [4.78, 5) is 0. The van der Waals surface area contributed by atoms with Gasteiger partial charge in [-0.25, -0.2) is 0 Å². The van der Waals surface area contributed by atoms with Crippen molar-refractivity contribution in [3.8, 4) is 5.75 Å². The summed E-state index contributed by atoms with van der Waals surface area (Å²) in [6, 6.07) is 8.85. The Bertz CT molecular complexity index is 532. The highest BCUT2D eigenvalue weighted by molar-refractivity contribution is 5.27. The van der Waals surface area contributed by atoms with E-state index in [4.69, 9.17) is 4.74 Å². The van der Waals surface area contributed by atoms with Crippen molar-refractivity contribution in [2.45, 2.75) is 110 Å². The third-order valence-electron chi connectivity index (χ3n) is 7.90. The zero-order chi connectivity index (χ0) is 20.3. The average molecular weight is 399 g/mol. The molecule has 1 heteroatoms. The van der Waals surface area contributed by atoms with Crippen molar-refractivity contribution in [3.05, 3.63) is 29.8 Å². The van der Waals surface area contributed by atoms with E-state index in [2.05, 4.69) is 38.1 Å². The molecule has 2 aliphatic carbocycles. The van der Waals surface area contributed by atoms with Crippen molar-refractivity contribution in [2.24, 2.45) is 23.7 Å². The molecule has 0 amide bonds. The zero-order valence-corrected chi connectivity index (χ0v) is 19.3. The highest BCUT2D eigenvalue weighted by Gasteiger charge is 2.30. The van der Waals surface area contributed by atoms with Crippen LogP contribution in [-0.4, -0.2) is 6.61 Å². The van der Waals surface area contributed by atoms with Crippen LogP contribution in [0.5, 0.6) is 5.75 Å². The number of rotatable bonds is 11. The molecule has 0 aliphatic heterocycles. The molecule has 0 N–H and O–H groups in total. The molecule has 164 valence electrons. The van der Waals surface area contributed by atoms with E-state index >= 15 is 0 Å². The topological polar surface area (TPSA) is 9.23 Å². The smallest absolute Gasteiger partial charge is 0.119 e. The van der Waals surface area contributed by atoms with Crippen LogP contribution in [0.15, 0.2) is 24.3 Å². The van der Waals surface area contributed by atoms with Crippen LogP contribution in [0, 0.1) is 23.7 Å². The molecule has 0 saturated heterocycles. The molecule has 0 heterocycles. The first kappa shape index (κ1) is 22.7. The van der Waals surface area contributed by atoms with Crippen molar-refractivity contribution in [1.82, 2.24) is 0 Å². The van der Waals surface area contributed by atoms with E-state index in [9.17, 15) is 0 Å². The van der Waals surface area contributed by atoms with E-state index in [0.717, 1.165) is 42.4 Å². The molecule has 1 nitrogen and oxygen atoms in total. The number of hydrogen-bond donors (Lipinski definition) is 0. The van der Waals surface area contributed by atoms with Gasteiger partial charge in [0.05, 0.1) is 6.61 Å². The van der Waals surface area contributed by atoms with Gasteiger partial charge in [0, 0.05) is 0 Å². The lowest BCUT2D eigenvalue weighted by Crippen LogP contribution is -2.26. The Morgan fingerprint density at radius 3 is 1.83 bits per heavy atom. The van der Waals surface area contributed by atoms with Gasteiger partial charge in [-0.3, -0.25) is 0 Å². The van der Waals surface area contributed by atoms with Crippen molar-refractivity contribution in [1.29, 1.82) is 0 Å². The van der Waals surface area contributed by atoms with Gasteiger partial charge in [0.1, 0.15) is 5.75 Å². The maximum atomic E-state index is 5.70. The minimum atomic E-state index is 0.823. The van der Waals surface area contributed by atoms with E-state index in [-0.39, 0.29) is 0 Å². The second kappa shape index (κ2) is 12.7. The predicted molar refractivity (Wildman–Crippen MR) is 126 cm³/mol. The number of unbranched alkanes of at least 4 members (excludes halogenated alkanes) is 2. The van der Waals surface area contributed by atoms with Gasteiger partial charge in [-0.2, -0.15) is 0 Å². The highest BCUT2D eigenvalue weighted by atomic mass is 16.5. The molecule has 0 unspecified atom stereocenters. The first-order chi connectivity index (χ1) is 14.3. The predicted octanol–water partition coefficient (Wildman–Crippen LogP) is 8.60. The second-order valence-electron chi connectivity index (χ2n) is 10.1. The van der Waals surface area contributed by atoms with Gasteiger partial charge >= 0.3 is 0 Å². The van der Waals surface area contributed by atoms with Crippen molar-refractivity contribution < 1.29 is 4.74 Å². The van der Waals surface area contributed by atoms with Gasteiger partial charge in [-0.15, -0.1) is 0 Å². The van der Waals surface area contributed by atoms with E-state index in [1.807, 2.05) is 0 Å². The average Bonchev–Trinajstić information content (AvgIpc) is 2.78. The summed E-state index contributed by atoms with van der Waals surface area (Å²) >= 11 is 0. The normalized spacial score (nSPS) is 27.7. The van der Waals surface area contributed by atoms with Crippen LogP contribution >= 0.6 is 0 Å². The molecule has 29 heavy (non-hydrogen) atoms. The van der Waals surface area contributed by atoms with Crippen LogP contribution in [0.4, 0.5) is 0 Å². The Labute approximate surface area is 181 Å². The lowest BCUT2D eigenvalue weighted by molar-refractivity contribution is 0.140. The van der Waals surface area contributed by atoms with Gasteiger partial charge in [-0.05, 0) is 86.3 Å². The minimum absolute atomic E-state index is 0.823. The summed E-state index contributed by atoms with van der Waals surface area (Å²) in [5, 5.41) is 0. The first-order valence-electron chi connectivity index (χ1n) is 13.0. The number of ether oxygens (including phenoxy) is 1. The van der Waals surface area contributed by atoms with Crippen LogP contribution in [0.1, 0.15) is 109 Å². The highest BCUT2D eigenvalue weighted by Crippen LogP contribution is 2.43. The van der Waals surface area contributed by atoms with Gasteiger partial charge in [0.15, 0.2) is 0 Å². The Morgan fingerprint density at radius 1 is 0.690 bits per heavy atom. The fourth-order valence-corrected chi connectivity index (χ4v) is 5.92. The fourth-order valence-electron chi connectivity index (χ4n) is 5.92.